The second-order valence-corrected chi connectivity index (χ2v) is 5.55. The lowest BCUT2D eigenvalue weighted by Crippen LogP contribution is -2.32. The number of allylic oxidation sites excluding steroid dienone is 2. The maximum atomic E-state index is 12.3. The number of aryl methyl sites for hydroxylation is 1. The molecular weight excluding hydrogens is 294 g/mol. The molecule has 0 amide bonds. The summed E-state index contributed by atoms with van der Waals surface area (Å²) in [6.07, 6.45) is 0.537. The molecule has 1 aromatic carbocycles. The summed E-state index contributed by atoms with van der Waals surface area (Å²) < 4.78 is 4.88. The molecule has 1 unspecified atom stereocenters. The third kappa shape index (κ3) is 3.13. The molecule has 0 saturated heterocycles. The molecule has 1 aliphatic heterocycles. The maximum Gasteiger partial charge on any atom is 0.336 e. The second-order valence-electron chi connectivity index (χ2n) is 5.55. The van der Waals surface area contributed by atoms with Gasteiger partial charge in [-0.25, -0.2) is 9.59 Å². The topological polar surface area (TPSA) is 75.6 Å². The predicted octanol–water partition coefficient (Wildman–Crippen LogP) is 2.88. The van der Waals surface area contributed by atoms with Crippen LogP contribution in [-0.4, -0.2) is 24.2 Å². The molecule has 23 heavy (non-hydrogen) atoms. The molecule has 1 aromatic rings. The molecule has 0 spiro atoms. The average molecular weight is 315 g/mol. The van der Waals surface area contributed by atoms with Gasteiger partial charge in [0.1, 0.15) is 0 Å². The minimum atomic E-state index is -1.03. The number of nitrogens with one attached hydrogen (secondary N) is 1. The van der Waals surface area contributed by atoms with Gasteiger partial charge in [-0.3, -0.25) is 0 Å². The standard InChI is InChI=1S/C18H21NO4/c1-5-13-16(17(20)21)15(12-8-6-10(2)7-9-12)14(11(3)19-13)18(22)23-4/h6-9,15,19H,5H2,1-4H3,(H,20,21). The number of carboxylic acids is 1. The van der Waals surface area contributed by atoms with E-state index in [1.807, 2.05) is 38.1 Å². The number of rotatable bonds is 4. The Bertz CT molecular complexity index is 698. The largest absolute Gasteiger partial charge is 0.478 e. The summed E-state index contributed by atoms with van der Waals surface area (Å²) in [5.41, 5.74) is 3.62. The highest BCUT2D eigenvalue weighted by atomic mass is 16.5. The smallest absolute Gasteiger partial charge is 0.336 e. The molecule has 0 bridgehead atoms. The fourth-order valence-corrected chi connectivity index (χ4v) is 2.90. The maximum absolute atomic E-state index is 12.3. The van der Waals surface area contributed by atoms with Gasteiger partial charge in [0.2, 0.25) is 0 Å². The minimum Gasteiger partial charge on any atom is -0.478 e. The molecule has 1 aliphatic rings. The first-order chi connectivity index (χ1) is 10.9. The van der Waals surface area contributed by atoms with E-state index in [1.165, 1.54) is 7.11 Å². The zero-order valence-corrected chi connectivity index (χ0v) is 13.8. The van der Waals surface area contributed by atoms with Gasteiger partial charge in [-0.05, 0) is 25.8 Å². The first kappa shape index (κ1) is 16.8. The lowest BCUT2D eigenvalue weighted by molar-refractivity contribution is -0.136. The molecule has 0 aromatic heterocycles. The molecule has 5 nitrogen and oxygen atoms in total. The van der Waals surface area contributed by atoms with Crippen molar-refractivity contribution in [3.63, 3.8) is 0 Å². The number of esters is 1. The zero-order valence-electron chi connectivity index (χ0n) is 13.8. The molecule has 0 radical (unpaired) electrons. The van der Waals surface area contributed by atoms with Crippen LogP contribution in [0.1, 0.15) is 37.3 Å². The monoisotopic (exact) mass is 315 g/mol. The van der Waals surface area contributed by atoms with Crippen LogP contribution in [0.5, 0.6) is 0 Å². The number of ether oxygens (including phenoxy) is 1. The molecule has 0 aliphatic carbocycles. The molecule has 5 heteroatoms. The molecule has 0 fully saturated rings. The highest BCUT2D eigenvalue weighted by molar-refractivity contribution is 5.99. The van der Waals surface area contributed by atoms with Crippen LogP contribution in [0.4, 0.5) is 0 Å². The van der Waals surface area contributed by atoms with Crippen LogP contribution >= 0.6 is 0 Å². The van der Waals surface area contributed by atoms with E-state index in [9.17, 15) is 14.7 Å². The van der Waals surface area contributed by atoms with Gasteiger partial charge in [0.25, 0.3) is 0 Å². The average Bonchev–Trinajstić information content (AvgIpc) is 2.53. The lowest BCUT2D eigenvalue weighted by atomic mass is 9.79. The van der Waals surface area contributed by atoms with Gasteiger partial charge >= 0.3 is 11.9 Å². The Hall–Kier alpha value is -2.56. The van der Waals surface area contributed by atoms with Gasteiger partial charge in [-0.15, -0.1) is 0 Å². The van der Waals surface area contributed by atoms with Crippen LogP contribution < -0.4 is 5.32 Å². The lowest BCUT2D eigenvalue weighted by Gasteiger charge is -2.30. The van der Waals surface area contributed by atoms with Crippen molar-refractivity contribution in [2.75, 3.05) is 7.11 Å². The number of methoxy groups -OCH3 is 1. The number of hydrogen-bond donors (Lipinski definition) is 2. The van der Waals surface area contributed by atoms with E-state index in [2.05, 4.69) is 5.32 Å². The number of aliphatic carboxylic acids is 1. The minimum absolute atomic E-state index is 0.197. The van der Waals surface area contributed by atoms with E-state index in [1.54, 1.807) is 6.92 Å². The Balaban J connectivity index is 2.69. The van der Waals surface area contributed by atoms with E-state index in [-0.39, 0.29) is 5.57 Å². The Kier molecular flexibility index (Phi) is 4.89. The Morgan fingerprint density at radius 3 is 2.26 bits per heavy atom. The zero-order chi connectivity index (χ0) is 17.1. The van der Waals surface area contributed by atoms with Crippen molar-refractivity contribution in [3.05, 3.63) is 57.9 Å². The Labute approximate surface area is 135 Å². The molecule has 2 N–H and O–H groups in total. The van der Waals surface area contributed by atoms with Gasteiger partial charge in [-0.2, -0.15) is 0 Å². The van der Waals surface area contributed by atoms with Crippen molar-refractivity contribution in [1.29, 1.82) is 0 Å². The summed E-state index contributed by atoms with van der Waals surface area (Å²) in [7, 11) is 1.30. The van der Waals surface area contributed by atoms with Crippen molar-refractivity contribution in [3.8, 4) is 0 Å². The van der Waals surface area contributed by atoms with Crippen LogP contribution in [0.2, 0.25) is 0 Å². The third-order valence-electron chi connectivity index (χ3n) is 4.04. The summed E-state index contributed by atoms with van der Waals surface area (Å²) in [5, 5.41) is 12.8. The number of benzene rings is 1. The van der Waals surface area contributed by atoms with Crippen LogP contribution in [0.15, 0.2) is 46.8 Å². The SMILES string of the molecule is CCC1=C(C(=O)O)C(c2ccc(C)cc2)C(C(=O)OC)=C(C)N1. The molecule has 1 atom stereocenters. The first-order valence-electron chi connectivity index (χ1n) is 7.49. The number of carbonyl (C=O) groups is 2. The van der Waals surface area contributed by atoms with Crippen LogP contribution in [-0.2, 0) is 14.3 Å². The van der Waals surface area contributed by atoms with E-state index in [4.69, 9.17) is 4.74 Å². The molecule has 2 rings (SSSR count). The molecule has 1 heterocycles. The molecular formula is C18H21NO4. The molecule has 122 valence electrons. The van der Waals surface area contributed by atoms with Crippen molar-refractivity contribution >= 4 is 11.9 Å². The van der Waals surface area contributed by atoms with Crippen molar-refractivity contribution < 1.29 is 19.4 Å². The number of dihydropyridines is 1. The van der Waals surface area contributed by atoms with E-state index < -0.39 is 17.9 Å². The van der Waals surface area contributed by atoms with Gasteiger partial charge in [-0.1, -0.05) is 36.8 Å². The van der Waals surface area contributed by atoms with Gasteiger partial charge in [0.15, 0.2) is 0 Å². The molecule has 0 saturated carbocycles. The fourth-order valence-electron chi connectivity index (χ4n) is 2.90. The van der Waals surface area contributed by atoms with Crippen molar-refractivity contribution in [1.82, 2.24) is 5.32 Å². The van der Waals surface area contributed by atoms with Gasteiger partial charge in [0, 0.05) is 11.4 Å². The number of carboxylic acid groups (broad SMARTS) is 1. The summed E-state index contributed by atoms with van der Waals surface area (Å²) >= 11 is 0. The van der Waals surface area contributed by atoms with Crippen LogP contribution in [0.25, 0.3) is 0 Å². The van der Waals surface area contributed by atoms with E-state index in [0.29, 0.717) is 23.4 Å². The van der Waals surface area contributed by atoms with Crippen LogP contribution in [0, 0.1) is 6.92 Å². The Morgan fingerprint density at radius 2 is 1.78 bits per heavy atom. The number of hydrogen-bond acceptors (Lipinski definition) is 4. The summed E-state index contributed by atoms with van der Waals surface area (Å²) in [6.45, 7) is 5.61. The van der Waals surface area contributed by atoms with Crippen LogP contribution in [0.3, 0.4) is 0 Å². The predicted molar refractivity (Wildman–Crippen MR) is 86.7 cm³/mol. The van der Waals surface area contributed by atoms with E-state index >= 15 is 0 Å². The third-order valence-corrected chi connectivity index (χ3v) is 4.04. The Morgan fingerprint density at radius 1 is 1.17 bits per heavy atom. The highest BCUT2D eigenvalue weighted by Gasteiger charge is 2.37. The quantitative estimate of drug-likeness (QED) is 0.836. The normalized spacial score (nSPS) is 17.8. The van der Waals surface area contributed by atoms with Crippen molar-refractivity contribution in [2.45, 2.75) is 33.1 Å². The number of carbonyl (C=O) groups excluding carboxylic acids is 1. The van der Waals surface area contributed by atoms with E-state index in [0.717, 1.165) is 11.1 Å². The van der Waals surface area contributed by atoms with Crippen molar-refractivity contribution in [2.24, 2.45) is 0 Å². The van der Waals surface area contributed by atoms with Gasteiger partial charge in [0.05, 0.1) is 24.2 Å². The first-order valence-corrected chi connectivity index (χ1v) is 7.49. The summed E-state index contributed by atoms with van der Waals surface area (Å²) in [5.74, 6) is -2.19. The highest BCUT2D eigenvalue weighted by Crippen LogP contribution is 2.39. The second kappa shape index (κ2) is 6.69. The fraction of sp³-hybridized carbons (Fsp3) is 0.333. The summed E-state index contributed by atoms with van der Waals surface area (Å²) in [4.78, 5) is 24.1. The summed E-state index contributed by atoms with van der Waals surface area (Å²) in [6, 6.07) is 7.54. The van der Waals surface area contributed by atoms with Gasteiger partial charge < -0.3 is 15.2 Å².